The highest BCUT2D eigenvalue weighted by Crippen LogP contribution is 2.31. The topological polar surface area (TPSA) is 35.5 Å². The molecule has 2 rings (SSSR count). The molecule has 0 saturated carbocycles. The zero-order valence-corrected chi connectivity index (χ0v) is 9.19. The van der Waals surface area contributed by atoms with Gasteiger partial charge in [-0.05, 0) is 23.6 Å². The first-order valence-corrected chi connectivity index (χ1v) is 4.90. The lowest BCUT2D eigenvalue weighted by Crippen LogP contribution is -1.93. The standard InChI is InChI=1S/C13H12O3/c1-15-12-5-3-4-9-10(12)6-7-13(16-2)11(9)8-14/h3-8H,1-2H3. The summed E-state index contributed by atoms with van der Waals surface area (Å²) in [5, 5.41) is 1.75. The van der Waals surface area contributed by atoms with Crippen molar-refractivity contribution in [2.75, 3.05) is 14.2 Å². The average molecular weight is 216 g/mol. The Morgan fingerprint density at radius 1 is 0.938 bits per heavy atom. The quantitative estimate of drug-likeness (QED) is 0.740. The van der Waals surface area contributed by atoms with Crippen LogP contribution in [0.3, 0.4) is 0 Å². The third kappa shape index (κ3) is 1.50. The third-order valence-corrected chi connectivity index (χ3v) is 2.58. The third-order valence-electron chi connectivity index (χ3n) is 2.58. The highest BCUT2D eigenvalue weighted by atomic mass is 16.5. The molecule has 0 amide bonds. The van der Waals surface area contributed by atoms with Crippen LogP contribution in [0.15, 0.2) is 30.3 Å². The lowest BCUT2D eigenvalue weighted by atomic mass is 10.0. The zero-order valence-electron chi connectivity index (χ0n) is 9.19. The van der Waals surface area contributed by atoms with Crippen LogP contribution in [0.2, 0.25) is 0 Å². The van der Waals surface area contributed by atoms with Crippen molar-refractivity contribution in [2.24, 2.45) is 0 Å². The molecule has 0 spiro atoms. The van der Waals surface area contributed by atoms with Crippen LogP contribution in [0.4, 0.5) is 0 Å². The largest absolute Gasteiger partial charge is 0.496 e. The summed E-state index contributed by atoms with van der Waals surface area (Å²) in [6, 6.07) is 9.26. The van der Waals surface area contributed by atoms with E-state index in [1.54, 1.807) is 20.3 Å². The molecule has 0 bridgehead atoms. The molecule has 2 aromatic rings. The maximum absolute atomic E-state index is 11.1. The highest BCUT2D eigenvalue weighted by molar-refractivity contribution is 6.03. The Bertz CT molecular complexity index is 532. The first-order chi connectivity index (χ1) is 7.81. The van der Waals surface area contributed by atoms with Crippen LogP contribution in [-0.4, -0.2) is 20.5 Å². The van der Waals surface area contributed by atoms with Gasteiger partial charge in [0.15, 0.2) is 6.29 Å². The van der Waals surface area contributed by atoms with Gasteiger partial charge in [-0.25, -0.2) is 0 Å². The summed E-state index contributed by atoms with van der Waals surface area (Å²) in [5.41, 5.74) is 0.555. The van der Waals surface area contributed by atoms with E-state index in [2.05, 4.69) is 0 Å². The molecule has 0 aliphatic heterocycles. The average Bonchev–Trinajstić information content (AvgIpc) is 2.36. The number of ether oxygens (including phenoxy) is 2. The summed E-state index contributed by atoms with van der Waals surface area (Å²) in [4.78, 5) is 11.1. The lowest BCUT2D eigenvalue weighted by Gasteiger charge is -2.09. The van der Waals surface area contributed by atoms with Crippen molar-refractivity contribution in [1.29, 1.82) is 0 Å². The molecule has 82 valence electrons. The van der Waals surface area contributed by atoms with Gasteiger partial charge in [0, 0.05) is 5.39 Å². The van der Waals surface area contributed by atoms with Crippen LogP contribution in [0.5, 0.6) is 11.5 Å². The van der Waals surface area contributed by atoms with E-state index in [0.29, 0.717) is 11.3 Å². The Balaban J connectivity index is 2.83. The summed E-state index contributed by atoms with van der Waals surface area (Å²) in [7, 11) is 3.16. The second-order valence-corrected chi connectivity index (χ2v) is 3.35. The van der Waals surface area contributed by atoms with E-state index in [1.165, 1.54) is 0 Å². The van der Waals surface area contributed by atoms with E-state index >= 15 is 0 Å². The molecule has 0 atom stereocenters. The molecule has 0 unspecified atom stereocenters. The number of carbonyl (C=O) groups excluding carboxylic acids is 1. The number of hydrogen-bond donors (Lipinski definition) is 0. The van der Waals surface area contributed by atoms with Gasteiger partial charge in [-0.2, -0.15) is 0 Å². The van der Waals surface area contributed by atoms with Crippen molar-refractivity contribution in [3.05, 3.63) is 35.9 Å². The van der Waals surface area contributed by atoms with Gasteiger partial charge in [0.05, 0.1) is 19.8 Å². The Labute approximate surface area is 93.6 Å². The first-order valence-electron chi connectivity index (χ1n) is 4.90. The molecule has 3 heteroatoms. The van der Waals surface area contributed by atoms with Crippen molar-refractivity contribution < 1.29 is 14.3 Å². The maximum Gasteiger partial charge on any atom is 0.154 e. The molecule has 0 heterocycles. The second-order valence-electron chi connectivity index (χ2n) is 3.35. The Kier molecular flexibility index (Phi) is 2.77. The summed E-state index contributed by atoms with van der Waals surface area (Å²) in [5.74, 6) is 1.33. The number of benzene rings is 2. The summed E-state index contributed by atoms with van der Waals surface area (Å²) < 4.78 is 10.4. The summed E-state index contributed by atoms with van der Waals surface area (Å²) >= 11 is 0. The minimum atomic E-state index is 0.555. The molecular formula is C13H12O3. The van der Waals surface area contributed by atoms with Crippen molar-refractivity contribution in [3.8, 4) is 11.5 Å². The van der Waals surface area contributed by atoms with Crippen LogP contribution in [0.25, 0.3) is 10.8 Å². The molecule has 0 saturated heterocycles. The van der Waals surface area contributed by atoms with Gasteiger partial charge in [-0.15, -0.1) is 0 Å². The summed E-state index contributed by atoms with van der Waals surface area (Å²) in [6.07, 6.45) is 0.806. The van der Waals surface area contributed by atoms with E-state index in [9.17, 15) is 4.79 Å². The van der Waals surface area contributed by atoms with E-state index in [0.717, 1.165) is 22.8 Å². The van der Waals surface area contributed by atoms with Gasteiger partial charge in [0.1, 0.15) is 11.5 Å². The molecule has 0 aliphatic rings. The van der Waals surface area contributed by atoms with Crippen LogP contribution < -0.4 is 9.47 Å². The number of aldehydes is 1. The van der Waals surface area contributed by atoms with Crippen molar-refractivity contribution in [1.82, 2.24) is 0 Å². The van der Waals surface area contributed by atoms with Crippen molar-refractivity contribution in [2.45, 2.75) is 0 Å². The molecular weight excluding hydrogens is 204 g/mol. The molecule has 3 nitrogen and oxygen atoms in total. The van der Waals surface area contributed by atoms with Gasteiger partial charge in [-0.1, -0.05) is 12.1 Å². The van der Waals surface area contributed by atoms with Crippen LogP contribution >= 0.6 is 0 Å². The fraction of sp³-hybridized carbons (Fsp3) is 0.154. The maximum atomic E-state index is 11.1. The molecule has 0 radical (unpaired) electrons. The van der Waals surface area contributed by atoms with E-state index < -0.39 is 0 Å². The molecule has 0 fully saturated rings. The van der Waals surface area contributed by atoms with Crippen molar-refractivity contribution >= 4 is 17.1 Å². The van der Waals surface area contributed by atoms with E-state index in [4.69, 9.17) is 9.47 Å². The fourth-order valence-corrected chi connectivity index (χ4v) is 1.81. The van der Waals surface area contributed by atoms with Gasteiger partial charge in [0.25, 0.3) is 0 Å². The Morgan fingerprint density at radius 3 is 2.31 bits per heavy atom. The predicted octanol–water partition coefficient (Wildman–Crippen LogP) is 2.67. The smallest absolute Gasteiger partial charge is 0.154 e. The molecule has 2 aromatic carbocycles. The minimum Gasteiger partial charge on any atom is -0.496 e. The Morgan fingerprint density at radius 2 is 1.69 bits per heavy atom. The van der Waals surface area contributed by atoms with Gasteiger partial charge < -0.3 is 9.47 Å². The number of hydrogen-bond acceptors (Lipinski definition) is 3. The lowest BCUT2D eigenvalue weighted by molar-refractivity contribution is 0.112. The number of fused-ring (bicyclic) bond motifs is 1. The number of methoxy groups -OCH3 is 2. The highest BCUT2D eigenvalue weighted by Gasteiger charge is 2.09. The normalized spacial score (nSPS) is 10.1. The molecule has 16 heavy (non-hydrogen) atoms. The van der Waals surface area contributed by atoms with Gasteiger partial charge in [-0.3, -0.25) is 4.79 Å². The fourth-order valence-electron chi connectivity index (χ4n) is 1.81. The summed E-state index contributed by atoms with van der Waals surface area (Å²) in [6.45, 7) is 0. The van der Waals surface area contributed by atoms with E-state index in [-0.39, 0.29) is 0 Å². The van der Waals surface area contributed by atoms with Crippen LogP contribution in [-0.2, 0) is 0 Å². The predicted molar refractivity (Wildman–Crippen MR) is 62.4 cm³/mol. The van der Waals surface area contributed by atoms with Gasteiger partial charge >= 0.3 is 0 Å². The zero-order chi connectivity index (χ0) is 11.5. The monoisotopic (exact) mass is 216 g/mol. The Hall–Kier alpha value is -2.03. The van der Waals surface area contributed by atoms with Crippen LogP contribution in [0.1, 0.15) is 10.4 Å². The molecule has 0 aliphatic carbocycles. The molecule has 0 N–H and O–H groups in total. The second kappa shape index (κ2) is 4.23. The number of rotatable bonds is 3. The van der Waals surface area contributed by atoms with E-state index in [1.807, 2.05) is 24.3 Å². The minimum absolute atomic E-state index is 0.555. The van der Waals surface area contributed by atoms with Crippen molar-refractivity contribution in [3.63, 3.8) is 0 Å². The van der Waals surface area contributed by atoms with Crippen LogP contribution in [0, 0.1) is 0 Å². The molecule has 0 aromatic heterocycles. The van der Waals surface area contributed by atoms with Gasteiger partial charge in [0.2, 0.25) is 0 Å². The SMILES string of the molecule is COc1ccc2c(OC)cccc2c1C=O. The number of carbonyl (C=O) groups is 1. The first kappa shape index (κ1) is 10.5.